The highest BCUT2D eigenvalue weighted by Crippen LogP contribution is 2.21. The Labute approximate surface area is 105 Å². The molecule has 0 N–H and O–H groups in total. The van der Waals surface area contributed by atoms with Crippen LogP contribution >= 0.6 is 0 Å². The minimum atomic E-state index is -3.26. The van der Waals surface area contributed by atoms with Crippen LogP contribution in [0.5, 0.6) is 0 Å². The molecule has 2 nitrogen and oxygen atoms in total. The number of Topliss-reactive ketones (excluding diaryl/α,β-unsaturated/α-hetero) is 1. The highest BCUT2D eigenvalue weighted by atomic mass is 19.3. The largest absolute Gasteiger partial charge is 0.300 e. The van der Waals surface area contributed by atoms with Gasteiger partial charge < -0.3 is 0 Å². The summed E-state index contributed by atoms with van der Waals surface area (Å²) in [4.78, 5) is 14.7. The van der Waals surface area contributed by atoms with Gasteiger partial charge in [0.1, 0.15) is 11.6 Å². The van der Waals surface area contributed by atoms with E-state index in [-0.39, 0.29) is 11.3 Å². The molecule has 0 saturated carbocycles. The number of rotatable bonds is 3. The van der Waals surface area contributed by atoms with Gasteiger partial charge in [-0.25, -0.2) is 17.6 Å². The van der Waals surface area contributed by atoms with Gasteiger partial charge in [0.05, 0.1) is 17.5 Å². The third-order valence-electron chi connectivity index (χ3n) is 2.46. The van der Waals surface area contributed by atoms with Gasteiger partial charge in [-0.05, 0) is 24.3 Å². The maximum Gasteiger partial charge on any atom is 0.300 e. The minimum absolute atomic E-state index is 0.267. The van der Waals surface area contributed by atoms with Crippen molar-refractivity contribution in [2.75, 3.05) is 0 Å². The number of ketones is 1. The molecule has 6 heteroatoms. The molecule has 0 spiro atoms. The number of hydrogen-bond acceptors (Lipinski definition) is 2. The summed E-state index contributed by atoms with van der Waals surface area (Å²) >= 11 is 0. The second kappa shape index (κ2) is 5.17. The van der Waals surface area contributed by atoms with Crippen molar-refractivity contribution in [3.05, 3.63) is 53.7 Å². The summed E-state index contributed by atoms with van der Waals surface area (Å²) < 4.78 is 50.6. The van der Waals surface area contributed by atoms with Crippen LogP contribution in [0.3, 0.4) is 0 Å². The quantitative estimate of drug-likeness (QED) is 0.630. The number of hydrogen-bond donors (Lipinski definition) is 0. The van der Waals surface area contributed by atoms with Crippen LogP contribution in [0.4, 0.5) is 17.6 Å². The van der Waals surface area contributed by atoms with Gasteiger partial charge in [-0.2, -0.15) is 0 Å². The number of carbonyl (C=O) groups excluding carboxylic acids is 1. The Bertz CT molecular complexity index is 611. The highest BCUT2D eigenvalue weighted by Gasteiger charge is 2.21. The molecular weight excluding hydrogens is 262 g/mol. The van der Waals surface area contributed by atoms with Crippen molar-refractivity contribution in [3.8, 4) is 11.3 Å². The summed E-state index contributed by atoms with van der Waals surface area (Å²) in [5, 5.41) is 0. The fourth-order valence-corrected chi connectivity index (χ4v) is 1.54. The van der Waals surface area contributed by atoms with Crippen molar-refractivity contribution in [2.24, 2.45) is 0 Å². The van der Waals surface area contributed by atoms with Crippen molar-refractivity contribution < 1.29 is 22.4 Å². The summed E-state index contributed by atoms with van der Waals surface area (Å²) in [6, 6.07) is 5.61. The smallest absolute Gasteiger partial charge is 0.288 e. The first-order valence-electron chi connectivity index (χ1n) is 5.23. The fourth-order valence-electron chi connectivity index (χ4n) is 1.54. The van der Waals surface area contributed by atoms with Crippen LogP contribution < -0.4 is 0 Å². The van der Waals surface area contributed by atoms with Gasteiger partial charge in [0.2, 0.25) is 5.78 Å². The summed E-state index contributed by atoms with van der Waals surface area (Å²) in [6.45, 7) is 0. The zero-order valence-electron chi connectivity index (χ0n) is 9.41. The van der Waals surface area contributed by atoms with E-state index in [0.29, 0.717) is 0 Å². The number of halogens is 4. The molecule has 2 aromatic rings. The van der Waals surface area contributed by atoms with E-state index in [1.54, 1.807) is 0 Å². The van der Waals surface area contributed by atoms with Crippen LogP contribution in [0.2, 0.25) is 0 Å². The second-order valence-electron chi connectivity index (χ2n) is 3.72. The second-order valence-corrected chi connectivity index (χ2v) is 3.72. The van der Waals surface area contributed by atoms with Gasteiger partial charge in [0.15, 0.2) is 0 Å². The summed E-state index contributed by atoms with van der Waals surface area (Å²) in [5.41, 5.74) is -0.138. The molecular formula is C13H7F4NO. The molecule has 0 bridgehead atoms. The van der Waals surface area contributed by atoms with Crippen LogP contribution in [-0.2, 0) is 0 Å². The number of pyridine rings is 1. The Morgan fingerprint density at radius 1 is 1.11 bits per heavy atom. The van der Waals surface area contributed by atoms with E-state index >= 15 is 0 Å². The van der Waals surface area contributed by atoms with E-state index in [1.165, 1.54) is 12.1 Å². The lowest BCUT2D eigenvalue weighted by Gasteiger charge is -2.05. The molecule has 0 unspecified atom stereocenters. The molecule has 2 rings (SSSR count). The SMILES string of the molecule is O=C(c1ccc(-c2ccc(F)cn2)cc1F)C(F)F. The van der Waals surface area contributed by atoms with E-state index < -0.39 is 29.4 Å². The molecule has 1 aromatic carbocycles. The average molecular weight is 269 g/mol. The molecule has 0 aliphatic rings. The number of nitrogens with zero attached hydrogens (tertiary/aromatic N) is 1. The van der Waals surface area contributed by atoms with Crippen molar-refractivity contribution in [1.29, 1.82) is 0 Å². The maximum absolute atomic E-state index is 13.6. The summed E-state index contributed by atoms with van der Waals surface area (Å²) in [6.07, 6.45) is -2.31. The third kappa shape index (κ3) is 2.78. The lowest BCUT2D eigenvalue weighted by Crippen LogP contribution is -2.12. The molecule has 0 amide bonds. The minimum Gasteiger partial charge on any atom is -0.288 e. The Morgan fingerprint density at radius 3 is 2.37 bits per heavy atom. The van der Waals surface area contributed by atoms with Crippen LogP contribution in [0, 0.1) is 11.6 Å². The summed E-state index contributed by atoms with van der Waals surface area (Å²) in [5.74, 6) is -3.18. The predicted octanol–water partition coefficient (Wildman–Crippen LogP) is 3.47. The zero-order chi connectivity index (χ0) is 14.0. The fraction of sp³-hybridized carbons (Fsp3) is 0.0769. The van der Waals surface area contributed by atoms with E-state index in [9.17, 15) is 22.4 Å². The molecule has 0 aliphatic carbocycles. The van der Waals surface area contributed by atoms with Gasteiger partial charge in [-0.1, -0.05) is 6.07 Å². The van der Waals surface area contributed by atoms with E-state index in [0.717, 1.165) is 24.4 Å². The van der Waals surface area contributed by atoms with E-state index in [4.69, 9.17) is 0 Å². The topological polar surface area (TPSA) is 30.0 Å². The highest BCUT2D eigenvalue weighted by molar-refractivity contribution is 5.99. The number of aromatic nitrogens is 1. The first-order chi connectivity index (χ1) is 8.99. The molecule has 19 heavy (non-hydrogen) atoms. The first kappa shape index (κ1) is 13.2. The predicted molar refractivity (Wildman–Crippen MR) is 59.9 cm³/mol. The molecule has 0 radical (unpaired) electrons. The molecule has 98 valence electrons. The van der Waals surface area contributed by atoms with Gasteiger partial charge in [0.25, 0.3) is 0 Å². The number of benzene rings is 1. The Morgan fingerprint density at radius 2 is 1.84 bits per heavy atom. The van der Waals surface area contributed by atoms with Crippen LogP contribution in [0.1, 0.15) is 10.4 Å². The maximum atomic E-state index is 13.6. The standard InChI is InChI=1S/C13H7F4NO/c14-8-2-4-11(18-6-8)7-1-3-9(10(15)5-7)12(19)13(16)17/h1-6,13H. The molecule has 0 fully saturated rings. The number of alkyl halides is 2. The number of carbonyl (C=O) groups is 1. The Hall–Kier alpha value is -2.24. The zero-order valence-corrected chi connectivity index (χ0v) is 9.41. The average Bonchev–Trinajstić information content (AvgIpc) is 2.38. The molecule has 0 aliphatic heterocycles. The van der Waals surface area contributed by atoms with Crippen molar-refractivity contribution in [1.82, 2.24) is 4.98 Å². The van der Waals surface area contributed by atoms with Crippen LogP contribution in [0.25, 0.3) is 11.3 Å². The monoisotopic (exact) mass is 269 g/mol. The van der Waals surface area contributed by atoms with Crippen molar-refractivity contribution in [2.45, 2.75) is 6.43 Å². The molecule has 1 aromatic heterocycles. The normalized spacial score (nSPS) is 10.8. The molecule has 0 saturated heterocycles. The third-order valence-corrected chi connectivity index (χ3v) is 2.46. The Balaban J connectivity index is 2.39. The van der Waals surface area contributed by atoms with E-state index in [1.807, 2.05) is 0 Å². The van der Waals surface area contributed by atoms with Crippen LogP contribution in [-0.4, -0.2) is 17.2 Å². The lowest BCUT2D eigenvalue weighted by molar-refractivity contribution is 0.0674. The van der Waals surface area contributed by atoms with Crippen molar-refractivity contribution in [3.63, 3.8) is 0 Å². The first-order valence-corrected chi connectivity index (χ1v) is 5.23. The lowest BCUT2D eigenvalue weighted by atomic mass is 10.1. The van der Waals surface area contributed by atoms with Gasteiger partial charge in [0, 0.05) is 5.56 Å². The van der Waals surface area contributed by atoms with Crippen LogP contribution in [0.15, 0.2) is 36.5 Å². The molecule has 1 heterocycles. The van der Waals surface area contributed by atoms with Crippen molar-refractivity contribution >= 4 is 5.78 Å². The Kier molecular flexibility index (Phi) is 3.59. The molecule has 0 atom stereocenters. The van der Waals surface area contributed by atoms with Gasteiger partial charge >= 0.3 is 6.43 Å². The van der Waals surface area contributed by atoms with E-state index in [2.05, 4.69) is 4.98 Å². The van der Waals surface area contributed by atoms with Gasteiger partial charge in [-0.3, -0.25) is 9.78 Å². The summed E-state index contributed by atoms with van der Waals surface area (Å²) in [7, 11) is 0. The van der Waals surface area contributed by atoms with Gasteiger partial charge in [-0.15, -0.1) is 0 Å².